The number of aryl methyl sites for hydroxylation is 2. The molecule has 2 amide bonds. The number of rotatable bonds is 1. The van der Waals surface area contributed by atoms with E-state index in [4.69, 9.17) is 0 Å². The van der Waals surface area contributed by atoms with E-state index in [9.17, 15) is 4.79 Å². The van der Waals surface area contributed by atoms with E-state index >= 15 is 0 Å². The molecule has 0 unspecified atom stereocenters. The minimum atomic E-state index is -0.188. The van der Waals surface area contributed by atoms with Crippen molar-refractivity contribution in [1.29, 1.82) is 0 Å². The number of anilines is 1. The van der Waals surface area contributed by atoms with Crippen LogP contribution in [0.4, 0.5) is 10.5 Å². The van der Waals surface area contributed by atoms with Crippen LogP contribution >= 0.6 is 0 Å². The summed E-state index contributed by atoms with van der Waals surface area (Å²) >= 11 is 0. The van der Waals surface area contributed by atoms with Crippen LogP contribution in [0.3, 0.4) is 0 Å². The van der Waals surface area contributed by atoms with E-state index in [1.807, 2.05) is 50.7 Å². The molecule has 1 saturated heterocycles. The van der Waals surface area contributed by atoms with Crippen LogP contribution in [0.1, 0.15) is 30.4 Å². The lowest BCUT2D eigenvalue weighted by molar-refractivity contribution is -0.472. The Bertz CT molecular complexity index is 550. The van der Waals surface area contributed by atoms with Gasteiger partial charge < -0.3 is 0 Å². The number of carbonyl (C=O) groups excluding carboxylic acids is 1. The highest BCUT2D eigenvalue weighted by molar-refractivity contribution is 6.01. The number of guanidine groups is 1. The third kappa shape index (κ3) is 4.00. The molecule has 0 atom stereocenters. The number of nitrogens with one attached hydrogen (secondary N) is 2. The summed E-state index contributed by atoms with van der Waals surface area (Å²) in [5.41, 5.74) is 3.02. The predicted octanol–water partition coefficient (Wildman–Crippen LogP) is 2.54. The summed E-state index contributed by atoms with van der Waals surface area (Å²) in [7, 11) is 3.92. The van der Waals surface area contributed by atoms with Crippen LogP contribution in [0.2, 0.25) is 0 Å². The smallest absolute Gasteiger partial charge is 0.294 e. The molecular weight excluding hydrogens is 276 g/mol. The number of nitrogens with zero attached hydrogens (tertiary/aromatic N) is 2. The van der Waals surface area contributed by atoms with Crippen molar-refractivity contribution in [2.45, 2.75) is 33.1 Å². The summed E-state index contributed by atoms with van der Waals surface area (Å²) in [5.74, 6) is 0.864. The van der Waals surface area contributed by atoms with Crippen molar-refractivity contribution >= 4 is 17.7 Å². The maximum absolute atomic E-state index is 12.4. The van der Waals surface area contributed by atoms with Gasteiger partial charge in [0.25, 0.3) is 0 Å². The molecule has 0 aliphatic carbocycles. The Kier molecular flexibility index (Phi) is 5.41. The highest BCUT2D eigenvalue weighted by Gasteiger charge is 2.25. The van der Waals surface area contributed by atoms with Crippen LogP contribution in [0.25, 0.3) is 0 Å². The van der Waals surface area contributed by atoms with Gasteiger partial charge in [-0.3, -0.25) is 14.8 Å². The van der Waals surface area contributed by atoms with Gasteiger partial charge in [0.05, 0.1) is 27.2 Å². The zero-order valence-corrected chi connectivity index (χ0v) is 14.1. The summed E-state index contributed by atoms with van der Waals surface area (Å²) in [4.78, 5) is 14.6. The van der Waals surface area contributed by atoms with Crippen molar-refractivity contribution < 1.29 is 9.37 Å². The van der Waals surface area contributed by atoms with Gasteiger partial charge in [-0.15, -0.1) is 0 Å². The minimum absolute atomic E-state index is 0.188. The molecule has 2 rings (SSSR count). The molecule has 22 heavy (non-hydrogen) atoms. The Morgan fingerprint density at radius 3 is 2.23 bits per heavy atom. The van der Waals surface area contributed by atoms with Crippen LogP contribution in [0.5, 0.6) is 0 Å². The van der Waals surface area contributed by atoms with E-state index in [0.717, 1.165) is 35.9 Å². The SMILES string of the molecule is Cc1cccc(C)c1NC(=O)NC(N1CCCCC1)=[N+](C)C. The molecule has 0 aromatic heterocycles. The van der Waals surface area contributed by atoms with Gasteiger partial charge in [-0.1, -0.05) is 18.2 Å². The van der Waals surface area contributed by atoms with Gasteiger partial charge in [0.2, 0.25) is 0 Å². The van der Waals surface area contributed by atoms with Crippen molar-refractivity contribution in [2.24, 2.45) is 0 Å². The summed E-state index contributed by atoms with van der Waals surface area (Å²) in [5, 5.41) is 5.99. The molecule has 1 aliphatic heterocycles. The quantitative estimate of drug-likeness (QED) is 0.476. The molecule has 0 spiro atoms. The molecule has 1 aromatic rings. The van der Waals surface area contributed by atoms with Crippen molar-refractivity contribution in [1.82, 2.24) is 10.2 Å². The fourth-order valence-electron chi connectivity index (χ4n) is 2.84. The maximum atomic E-state index is 12.4. The van der Waals surface area contributed by atoms with Crippen LogP contribution in [-0.2, 0) is 0 Å². The van der Waals surface area contributed by atoms with E-state index < -0.39 is 0 Å². The second-order valence-corrected chi connectivity index (χ2v) is 6.11. The molecule has 0 saturated carbocycles. The van der Waals surface area contributed by atoms with E-state index in [1.165, 1.54) is 19.3 Å². The van der Waals surface area contributed by atoms with E-state index in [-0.39, 0.29) is 6.03 Å². The largest absolute Gasteiger partial charge is 0.384 e. The lowest BCUT2D eigenvalue weighted by atomic mass is 10.1. The highest BCUT2D eigenvalue weighted by atomic mass is 16.2. The standard InChI is InChI=1S/C17H26N4O/c1-13-9-8-10-14(2)15(13)18-16(22)19-17(20(3)4)21-11-6-5-7-12-21/h8-10H,5-7,11-12H2,1-4H3,(H,18,22)/p+1. The van der Waals surface area contributed by atoms with Crippen molar-refractivity contribution in [3.63, 3.8) is 0 Å². The van der Waals surface area contributed by atoms with Crippen LogP contribution in [-0.4, -0.2) is 48.7 Å². The molecule has 1 aromatic carbocycles. The van der Waals surface area contributed by atoms with Crippen LogP contribution in [0.15, 0.2) is 18.2 Å². The zero-order valence-electron chi connectivity index (χ0n) is 14.1. The third-order valence-corrected chi connectivity index (χ3v) is 4.02. The number of benzene rings is 1. The number of hydrogen-bond acceptors (Lipinski definition) is 1. The normalized spacial score (nSPS) is 14.5. The molecule has 1 aliphatic rings. The topological polar surface area (TPSA) is 47.4 Å². The lowest BCUT2D eigenvalue weighted by Crippen LogP contribution is -2.51. The molecule has 120 valence electrons. The van der Waals surface area contributed by atoms with Gasteiger partial charge in [0.1, 0.15) is 0 Å². The molecular formula is C17H27N4O+. The Hall–Kier alpha value is -2.04. The predicted molar refractivity (Wildman–Crippen MR) is 90.6 cm³/mol. The first kappa shape index (κ1) is 16.3. The number of likely N-dealkylation sites (tertiary alicyclic amines) is 1. The maximum Gasteiger partial charge on any atom is 0.384 e. The van der Waals surface area contributed by atoms with Gasteiger partial charge in [0, 0.05) is 5.69 Å². The van der Waals surface area contributed by atoms with Gasteiger partial charge in [-0.25, -0.2) is 4.79 Å². The molecule has 0 radical (unpaired) electrons. The summed E-state index contributed by atoms with van der Waals surface area (Å²) in [6.07, 6.45) is 3.63. The molecule has 1 fully saturated rings. The van der Waals surface area contributed by atoms with Crippen LogP contribution in [0, 0.1) is 13.8 Å². The minimum Gasteiger partial charge on any atom is -0.294 e. The first-order chi connectivity index (χ1) is 10.5. The number of piperidine rings is 1. The molecule has 2 N–H and O–H groups in total. The van der Waals surface area contributed by atoms with Crippen LogP contribution < -0.4 is 10.6 Å². The Labute approximate surface area is 133 Å². The Morgan fingerprint density at radius 1 is 1.09 bits per heavy atom. The number of para-hydroxylation sites is 1. The number of hydrogen-bond donors (Lipinski definition) is 2. The molecule has 0 bridgehead atoms. The fraction of sp³-hybridized carbons (Fsp3) is 0.529. The average molecular weight is 303 g/mol. The van der Waals surface area contributed by atoms with Gasteiger partial charge in [0.15, 0.2) is 0 Å². The highest BCUT2D eigenvalue weighted by Crippen LogP contribution is 2.19. The van der Waals surface area contributed by atoms with E-state index in [2.05, 4.69) is 15.5 Å². The van der Waals surface area contributed by atoms with E-state index in [1.54, 1.807) is 0 Å². The zero-order chi connectivity index (χ0) is 16.1. The summed E-state index contributed by atoms with van der Waals surface area (Å²) in [6, 6.07) is 5.82. The summed E-state index contributed by atoms with van der Waals surface area (Å²) < 4.78 is 1.97. The van der Waals surface area contributed by atoms with Crippen molar-refractivity contribution in [3.05, 3.63) is 29.3 Å². The van der Waals surface area contributed by atoms with Crippen molar-refractivity contribution in [2.75, 3.05) is 32.5 Å². The molecule has 5 nitrogen and oxygen atoms in total. The fourth-order valence-corrected chi connectivity index (χ4v) is 2.84. The van der Waals surface area contributed by atoms with Gasteiger partial charge in [-0.05, 0) is 44.2 Å². The van der Waals surface area contributed by atoms with Gasteiger partial charge in [-0.2, -0.15) is 5.32 Å². The Morgan fingerprint density at radius 2 is 1.68 bits per heavy atom. The number of carbonyl (C=O) groups is 1. The second-order valence-electron chi connectivity index (χ2n) is 6.11. The van der Waals surface area contributed by atoms with E-state index in [0.29, 0.717) is 0 Å². The summed E-state index contributed by atoms with van der Waals surface area (Å²) in [6.45, 7) is 6.00. The monoisotopic (exact) mass is 303 g/mol. The first-order valence-electron chi connectivity index (χ1n) is 7.92. The second kappa shape index (κ2) is 7.29. The van der Waals surface area contributed by atoms with Crippen molar-refractivity contribution in [3.8, 4) is 0 Å². The first-order valence-corrected chi connectivity index (χ1v) is 7.92. The lowest BCUT2D eigenvalue weighted by Gasteiger charge is -2.25. The number of urea groups is 1. The Balaban J connectivity index is 2.07. The van der Waals surface area contributed by atoms with Gasteiger partial charge >= 0.3 is 12.0 Å². The number of amides is 2. The average Bonchev–Trinajstić information content (AvgIpc) is 2.49. The molecule has 5 heteroatoms. The molecule has 1 heterocycles. The third-order valence-electron chi connectivity index (χ3n) is 4.02.